The molecule has 0 unspecified atom stereocenters. The van der Waals surface area contributed by atoms with Crippen molar-refractivity contribution < 1.29 is 0 Å². The highest BCUT2D eigenvalue weighted by Gasteiger charge is 1.99. The summed E-state index contributed by atoms with van der Waals surface area (Å²) < 4.78 is 1.22. The number of hydrogen-bond donors (Lipinski definition) is 1. The summed E-state index contributed by atoms with van der Waals surface area (Å²) in [4.78, 5) is 7.45. The van der Waals surface area contributed by atoms with Crippen LogP contribution in [0.2, 0.25) is 0 Å². The van der Waals surface area contributed by atoms with E-state index in [1.54, 1.807) is 0 Å². The Bertz CT molecular complexity index is 356. The van der Waals surface area contributed by atoms with E-state index in [4.69, 9.17) is 0 Å². The molecule has 2 aromatic heterocycles. The van der Waals surface area contributed by atoms with Crippen molar-refractivity contribution >= 4 is 33.6 Å². The second-order valence-electron chi connectivity index (χ2n) is 2.47. The molecule has 0 aromatic carbocycles. The molecule has 2 nitrogen and oxygen atoms in total. The van der Waals surface area contributed by atoms with Crippen molar-refractivity contribution in [3.05, 3.63) is 27.6 Å². The lowest BCUT2D eigenvalue weighted by Gasteiger charge is -1.95. The number of nitrogens with one attached hydrogen (secondary N) is 1. The van der Waals surface area contributed by atoms with E-state index in [0.29, 0.717) is 0 Å². The fourth-order valence-corrected chi connectivity index (χ4v) is 1.50. The maximum Gasteiger partial charge on any atom is 0.137 e. The fraction of sp³-hybridized carbons (Fsp3) is 0.125. The van der Waals surface area contributed by atoms with Gasteiger partial charge in [-0.25, -0.2) is 4.98 Å². The van der Waals surface area contributed by atoms with Gasteiger partial charge < -0.3 is 4.98 Å². The average Bonchev–Trinajstić information content (AvgIpc) is 2.36. The van der Waals surface area contributed by atoms with Crippen molar-refractivity contribution in [3.8, 4) is 0 Å². The van der Waals surface area contributed by atoms with Crippen LogP contribution < -0.4 is 0 Å². The first-order valence-corrected chi connectivity index (χ1v) is 4.45. The molecule has 0 fully saturated rings. The Kier molecular flexibility index (Phi) is 1.60. The minimum absolute atomic E-state index is 0.975. The number of halogens is 1. The third-order valence-electron chi connectivity index (χ3n) is 1.66. The van der Waals surface area contributed by atoms with Crippen LogP contribution in [0.4, 0.5) is 0 Å². The van der Waals surface area contributed by atoms with E-state index in [9.17, 15) is 0 Å². The molecular weight excluding hydrogens is 251 g/mol. The van der Waals surface area contributed by atoms with Gasteiger partial charge in [-0.1, -0.05) is 0 Å². The van der Waals surface area contributed by atoms with Gasteiger partial charge in [0.25, 0.3) is 0 Å². The molecule has 2 rings (SSSR count). The minimum atomic E-state index is 0.975. The summed E-state index contributed by atoms with van der Waals surface area (Å²) in [5.41, 5.74) is 2.06. The first-order valence-electron chi connectivity index (χ1n) is 3.37. The van der Waals surface area contributed by atoms with Crippen LogP contribution in [0.15, 0.2) is 18.3 Å². The predicted molar refractivity (Wildman–Crippen MR) is 53.5 cm³/mol. The third kappa shape index (κ3) is 1.13. The number of rotatable bonds is 0. The molecule has 0 aliphatic rings. The summed E-state index contributed by atoms with van der Waals surface area (Å²) in [6.07, 6.45) is 1.91. The fourth-order valence-electron chi connectivity index (χ4n) is 1.05. The zero-order valence-electron chi connectivity index (χ0n) is 6.06. The van der Waals surface area contributed by atoms with Gasteiger partial charge in [-0.05, 0) is 41.6 Å². The van der Waals surface area contributed by atoms with Gasteiger partial charge >= 0.3 is 0 Å². The topological polar surface area (TPSA) is 28.7 Å². The Labute approximate surface area is 78.2 Å². The van der Waals surface area contributed by atoms with Crippen LogP contribution in [0.5, 0.6) is 0 Å². The van der Waals surface area contributed by atoms with Crippen molar-refractivity contribution in [1.29, 1.82) is 0 Å². The number of fused-ring (bicyclic) bond motifs is 1. The molecule has 0 saturated heterocycles. The molecule has 0 spiro atoms. The summed E-state index contributed by atoms with van der Waals surface area (Å²) in [7, 11) is 0. The normalized spacial score (nSPS) is 10.7. The van der Waals surface area contributed by atoms with Crippen LogP contribution in [0.25, 0.3) is 11.0 Å². The van der Waals surface area contributed by atoms with Gasteiger partial charge in [0.15, 0.2) is 0 Å². The third-order valence-corrected chi connectivity index (χ3v) is 2.76. The zero-order valence-corrected chi connectivity index (χ0v) is 8.21. The van der Waals surface area contributed by atoms with Crippen LogP contribution in [0.3, 0.4) is 0 Å². The van der Waals surface area contributed by atoms with Crippen molar-refractivity contribution in [3.63, 3.8) is 0 Å². The molecule has 0 bridgehead atoms. The molecule has 0 atom stereocenters. The smallest absolute Gasteiger partial charge is 0.137 e. The van der Waals surface area contributed by atoms with E-state index in [0.717, 1.165) is 11.3 Å². The van der Waals surface area contributed by atoms with Crippen molar-refractivity contribution in [1.82, 2.24) is 9.97 Å². The van der Waals surface area contributed by atoms with Crippen molar-refractivity contribution in [2.75, 3.05) is 0 Å². The van der Waals surface area contributed by atoms with Gasteiger partial charge in [-0.2, -0.15) is 0 Å². The van der Waals surface area contributed by atoms with Gasteiger partial charge in [-0.3, -0.25) is 0 Å². The zero-order chi connectivity index (χ0) is 7.84. The Hall–Kier alpha value is -0.580. The molecule has 0 radical (unpaired) electrons. The first kappa shape index (κ1) is 7.09. The summed E-state index contributed by atoms with van der Waals surface area (Å²) in [5, 5.41) is 1.18. The highest BCUT2D eigenvalue weighted by molar-refractivity contribution is 14.1. The van der Waals surface area contributed by atoms with Crippen LogP contribution in [-0.4, -0.2) is 9.97 Å². The van der Waals surface area contributed by atoms with Crippen LogP contribution in [0, 0.1) is 10.5 Å². The summed E-state index contributed by atoms with van der Waals surface area (Å²) >= 11 is 2.29. The number of aryl methyl sites for hydroxylation is 1. The molecule has 2 heterocycles. The lowest BCUT2D eigenvalue weighted by molar-refractivity contribution is 1.20. The molecule has 0 saturated carbocycles. The van der Waals surface area contributed by atoms with E-state index in [1.807, 2.05) is 19.2 Å². The number of H-pyrrole nitrogens is 1. The number of hydrogen-bond acceptors (Lipinski definition) is 1. The molecule has 56 valence electrons. The van der Waals surface area contributed by atoms with Crippen LogP contribution >= 0.6 is 22.6 Å². The van der Waals surface area contributed by atoms with E-state index in [-0.39, 0.29) is 0 Å². The predicted octanol–water partition coefficient (Wildman–Crippen LogP) is 2.48. The van der Waals surface area contributed by atoms with E-state index in [1.165, 1.54) is 8.96 Å². The lowest BCUT2D eigenvalue weighted by Crippen LogP contribution is -1.85. The highest BCUT2D eigenvalue weighted by atomic mass is 127. The maximum absolute atomic E-state index is 4.37. The molecule has 11 heavy (non-hydrogen) atoms. The van der Waals surface area contributed by atoms with Gasteiger partial charge in [0.1, 0.15) is 5.65 Å². The number of pyridine rings is 1. The second kappa shape index (κ2) is 2.48. The Morgan fingerprint density at radius 1 is 1.55 bits per heavy atom. The number of aromatic nitrogens is 2. The Balaban J connectivity index is 2.86. The van der Waals surface area contributed by atoms with Gasteiger partial charge in [-0.15, -0.1) is 0 Å². The van der Waals surface area contributed by atoms with E-state index < -0.39 is 0 Å². The summed E-state index contributed by atoms with van der Waals surface area (Å²) in [5.74, 6) is 0. The van der Waals surface area contributed by atoms with Crippen molar-refractivity contribution in [2.45, 2.75) is 6.92 Å². The highest BCUT2D eigenvalue weighted by Crippen LogP contribution is 2.16. The number of aromatic amines is 1. The minimum Gasteiger partial charge on any atom is -0.346 e. The molecule has 0 aliphatic carbocycles. The Morgan fingerprint density at radius 3 is 3.18 bits per heavy atom. The van der Waals surface area contributed by atoms with Gasteiger partial charge in [0.05, 0.1) is 5.69 Å². The second-order valence-corrected chi connectivity index (χ2v) is 3.63. The maximum atomic E-state index is 4.37. The van der Waals surface area contributed by atoms with Crippen LogP contribution in [0.1, 0.15) is 5.69 Å². The van der Waals surface area contributed by atoms with Gasteiger partial charge in [0.2, 0.25) is 0 Å². The first-order chi connectivity index (χ1) is 5.27. The van der Waals surface area contributed by atoms with E-state index >= 15 is 0 Å². The van der Waals surface area contributed by atoms with Crippen molar-refractivity contribution in [2.24, 2.45) is 0 Å². The number of nitrogens with zero attached hydrogens (tertiary/aromatic N) is 1. The van der Waals surface area contributed by atoms with Crippen LogP contribution in [-0.2, 0) is 0 Å². The lowest BCUT2D eigenvalue weighted by atomic mass is 10.3. The SMILES string of the molecule is Cc1nc2[nH]ccc2cc1I. The van der Waals surface area contributed by atoms with E-state index in [2.05, 4.69) is 38.6 Å². The molecule has 3 heteroatoms. The monoisotopic (exact) mass is 258 g/mol. The largest absolute Gasteiger partial charge is 0.346 e. The Morgan fingerprint density at radius 2 is 2.36 bits per heavy atom. The molecule has 0 amide bonds. The average molecular weight is 258 g/mol. The quantitative estimate of drug-likeness (QED) is 0.722. The summed E-state index contributed by atoms with van der Waals surface area (Å²) in [6.45, 7) is 2.02. The molecule has 2 aromatic rings. The molecular formula is C8H7IN2. The summed E-state index contributed by atoms with van der Waals surface area (Å²) in [6, 6.07) is 4.17. The standard InChI is InChI=1S/C8H7IN2/c1-5-7(9)4-6-2-3-10-8(6)11-5/h2-4H,1H3,(H,10,11). The van der Waals surface area contributed by atoms with Gasteiger partial charge in [0, 0.05) is 15.2 Å². The molecule has 0 aliphatic heterocycles. The molecule has 1 N–H and O–H groups in total.